The number of likely N-dealkylation sites (tertiary alicyclic amines) is 1. The zero-order valence-corrected chi connectivity index (χ0v) is 19.9. The van der Waals surface area contributed by atoms with Gasteiger partial charge in [0.2, 0.25) is 5.91 Å². The number of aryl methyl sites for hydroxylation is 2. The Morgan fingerprint density at radius 1 is 1.00 bits per heavy atom. The number of hydrogen-bond donors (Lipinski definition) is 1. The highest BCUT2D eigenvalue weighted by Gasteiger charge is 2.16. The van der Waals surface area contributed by atoms with Crippen LogP contribution in [0.15, 0.2) is 60.8 Å². The molecule has 34 heavy (non-hydrogen) atoms. The van der Waals surface area contributed by atoms with Crippen LogP contribution in [0.5, 0.6) is 0 Å². The van der Waals surface area contributed by atoms with E-state index in [0.29, 0.717) is 0 Å². The molecular formula is C28H31N5O. The molecular weight excluding hydrogens is 422 g/mol. The molecule has 1 aliphatic heterocycles. The van der Waals surface area contributed by atoms with E-state index in [1.54, 1.807) is 10.9 Å². The Hall–Kier alpha value is -3.51. The van der Waals surface area contributed by atoms with Crippen LogP contribution in [0.2, 0.25) is 0 Å². The molecule has 1 amide bonds. The van der Waals surface area contributed by atoms with Gasteiger partial charge in [-0.15, -0.1) is 0 Å². The van der Waals surface area contributed by atoms with E-state index in [1.165, 1.54) is 43.5 Å². The smallest absolute Gasteiger partial charge is 0.246 e. The Morgan fingerprint density at radius 2 is 1.79 bits per heavy atom. The van der Waals surface area contributed by atoms with Crippen LogP contribution in [-0.2, 0) is 17.9 Å². The van der Waals surface area contributed by atoms with Crippen molar-refractivity contribution in [2.45, 2.75) is 46.2 Å². The number of hydrogen-bond acceptors (Lipinski definition) is 4. The highest BCUT2D eigenvalue weighted by Crippen LogP contribution is 2.30. The van der Waals surface area contributed by atoms with E-state index in [9.17, 15) is 4.79 Å². The first-order valence-corrected chi connectivity index (χ1v) is 12.1. The van der Waals surface area contributed by atoms with E-state index in [0.717, 1.165) is 40.1 Å². The Labute approximate surface area is 200 Å². The van der Waals surface area contributed by atoms with Crippen LogP contribution >= 0.6 is 0 Å². The van der Waals surface area contributed by atoms with Crippen LogP contribution in [-0.4, -0.2) is 38.7 Å². The second-order valence-electron chi connectivity index (χ2n) is 9.25. The largest absolute Gasteiger partial charge is 0.324 e. The number of carbonyl (C=O) groups excluding carboxylic acids is 1. The summed E-state index contributed by atoms with van der Waals surface area (Å²) >= 11 is 0. The summed E-state index contributed by atoms with van der Waals surface area (Å²) in [5, 5.41) is 8.64. The molecule has 0 aliphatic carbocycles. The first kappa shape index (κ1) is 22.3. The number of piperidine rings is 1. The van der Waals surface area contributed by atoms with Gasteiger partial charge in [0.1, 0.15) is 6.54 Å². The van der Waals surface area contributed by atoms with Gasteiger partial charge in [-0.25, -0.2) is 9.67 Å². The number of fused-ring (bicyclic) bond motifs is 1. The fraction of sp³-hybridized carbons (Fsp3) is 0.321. The molecule has 0 unspecified atom stereocenters. The number of amides is 1. The van der Waals surface area contributed by atoms with Gasteiger partial charge >= 0.3 is 0 Å². The van der Waals surface area contributed by atoms with Crippen molar-refractivity contribution < 1.29 is 4.79 Å². The van der Waals surface area contributed by atoms with Gasteiger partial charge in [-0.1, -0.05) is 48.4 Å². The van der Waals surface area contributed by atoms with E-state index in [1.807, 2.05) is 25.1 Å². The van der Waals surface area contributed by atoms with Crippen LogP contribution in [0.1, 0.15) is 36.1 Å². The van der Waals surface area contributed by atoms with Crippen LogP contribution < -0.4 is 5.32 Å². The minimum absolute atomic E-state index is 0.115. The summed E-state index contributed by atoms with van der Waals surface area (Å²) in [4.78, 5) is 19.9. The van der Waals surface area contributed by atoms with Crippen molar-refractivity contribution in [2.24, 2.45) is 0 Å². The van der Waals surface area contributed by atoms with Gasteiger partial charge in [0, 0.05) is 23.8 Å². The fourth-order valence-corrected chi connectivity index (χ4v) is 4.85. The third-order valence-corrected chi connectivity index (χ3v) is 6.52. The number of rotatable bonds is 6. The molecule has 0 spiro atoms. The van der Waals surface area contributed by atoms with Gasteiger partial charge in [-0.3, -0.25) is 9.69 Å². The van der Waals surface area contributed by atoms with Crippen molar-refractivity contribution in [2.75, 3.05) is 18.4 Å². The number of pyridine rings is 1. The molecule has 2 aromatic carbocycles. The van der Waals surface area contributed by atoms with Gasteiger partial charge < -0.3 is 5.32 Å². The number of carbonyl (C=O) groups is 1. The lowest BCUT2D eigenvalue weighted by atomic mass is 10.0. The molecule has 1 N–H and O–H groups in total. The summed E-state index contributed by atoms with van der Waals surface area (Å²) in [6.45, 7) is 7.50. The molecule has 0 atom stereocenters. The molecule has 1 aliphatic rings. The van der Waals surface area contributed by atoms with Crippen LogP contribution in [0, 0.1) is 13.8 Å². The molecule has 0 bridgehead atoms. The quantitative estimate of drug-likeness (QED) is 0.428. The van der Waals surface area contributed by atoms with E-state index < -0.39 is 0 Å². The Kier molecular flexibility index (Phi) is 6.41. The molecule has 2 aromatic heterocycles. The number of anilines is 1. The average Bonchev–Trinajstić information content (AvgIpc) is 3.16. The van der Waals surface area contributed by atoms with Crippen LogP contribution in [0.25, 0.3) is 22.2 Å². The van der Waals surface area contributed by atoms with Crippen molar-refractivity contribution in [1.82, 2.24) is 19.7 Å². The predicted octanol–water partition coefficient (Wildman–Crippen LogP) is 5.34. The second-order valence-corrected chi connectivity index (χ2v) is 9.25. The van der Waals surface area contributed by atoms with Crippen molar-refractivity contribution in [3.63, 3.8) is 0 Å². The fourth-order valence-electron chi connectivity index (χ4n) is 4.85. The third kappa shape index (κ3) is 4.87. The normalized spacial score (nSPS) is 14.4. The van der Waals surface area contributed by atoms with Gasteiger partial charge in [0.15, 0.2) is 5.65 Å². The molecule has 3 heterocycles. The standard InChI is InChI=1S/C28H31N5O/c1-20-7-6-8-23(17-20)25-13-14-29-28-27(25)21(2)31-33(28)19-26(34)30-24-11-9-22(10-12-24)18-32-15-4-3-5-16-32/h6-14,17H,3-5,15-16,18-19H2,1-2H3,(H,30,34). The Balaban J connectivity index is 1.30. The summed E-state index contributed by atoms with van der Waals surface area (Å²) in [6.07, 6.45) is 5.71. The van der Waals surface area contributed by atoms with Gasteiger partial charge in [-0.05, 0) is 74.7 Å². The molecule has 4 aromatic rings. The number of aromatic nitrogens is 3. The molecule has 0 radical (unpaired) electrons. The summed E-state index contributed by atoms with van der Waals surface area (Å²) < 4.78 is 1.70. The molecule has 6 nitrogen and oxygen atoms in total. The molecule has 174 valence electrons. The highest BCUT2D eigenvalue weighted by atomic mass is 16.2. The maximum absolute atomic E-state index is 12.8. The van der Waals surface area contributed by atoms with E-state index in [4.69, 9.17) is 0 Å². The molecule has 1 fully saturated rings. The number of nitrogens with zero attached hydrogens (tertiary/aromatic N) is 4. The number of benzene rings is 2. The summed E-state index contributed by atoms with van der Waals surface area (Å²) in [5.74, 6) is -0.115. The van der Waals surface area contributed by atoms with Gasteiger partial charge in [0.25, 0.3) is 0 Å². The molecule has 6 heteroatoms. The lowest BCUT2D eigenvalue weighted by Gasteiger charge is -2.26. The van der Waals surface area contributed by atoms with Gasteiger partial charge in [0.05, 0.1) is 5.69 Å². The highest BCUT2D eigenvalue weighted by molar-refractivity contribution is 5.96. The van der Waals surface area contributed by atoms with Crippen molar-refractivity contribution in [1.29, 1.82) is 0 Å². The van der Waals surface area contributed by atoms with Crippen molar-refractivity contribution in [3.8, 4) is 11.1 Å². The van der Waals surface area contributed by atoms with E-state index >= 15 is 0 Å². The summed E-state index contributed by atoms with van der Waals surface area (Å²) in [5.41, 5.74) is 7.09. The Morgan fingerprint density at radius 3 is 2.56 bits per heavy atom. The summed E-state index contributed by atoms with van der Waals surface area (Å²) in [7, 11) is 0. The summed E-state index contributed by atoms with van der Waals surface area (Å²) in [6, 6.07) is 18.6. The van der Waals surface area contributed by atoms with Gasteiger partial charge in [-0.2, -0.15) is 5.10 Å². The monoisotopic (exact) mass is 453 g/mol. The molecule has 0 saturated carbocycles. The van der Waals surface area contributed by atoms with E-state index in [2.05, 4.69) is 63.6 Å². The molecule has 1 saturated heterocycles. The Bertz CT molecular complexity index is 1300. The zero-order chi connectivity index (χ0) is 23.5. The van der Waals surface area contributed by atoms with E-state index in [-0.39, 0.29) is 12.5 Å². The topological polar surface area (TPSA) is 63.1 Å². The average molecular weight is 454 g/mol. The zero-order valence-electron chi connectivity index (χ0n) is 19.9. The lowest BCUT2D eigenvalue weighted by molar-refractivity contribution is -0.116. The van der Waals surface area contributed by atoms with Crippen molar-refractivity contribution in [3.05, 3.63) is 77.6 Å². The maximum atomic E-state index is 12.8. The SMILES string of the molecule is Cc1cccc(-c2ccnc3c2c(C)nn3CC(=O)Nc2ccc(CN3CCCCC3)cc2)c1. The maximum Gasteiger partial charge on any atom is 0.246 e. The van der Waals surface area contributed by atoms with Crippen molar-refractivity contribution >= 4 is 22.6 Å². The van der Waals surface area contributed by atoms with Crippen LogP contribution in [0.3, 0.4) is 0 Å². The predicted molar refractivity (Wildman–Crippen MR) is 137 cm³/mol. The second kappa shape index (κ2) is 9.77. The minimum Gasteiger partial charge on any atom is -0.324 e. The first-order valence-electron chi connectivity index (χ1n) is 12.1. The minimum atomic E-state index is -0.115. The molecule has 5 rings (SSSR count). The first-order chi connectivity index (χ1) is 16.6. The third-order valence-electron chi connectivity index (χ3n) is 6.52. The lowest BCUT2D eigenvalue weighted by Crippen LogP contribution is -2.29. The van der Waals surface area contributed by atoms with Crippen LogP contribution in [0.4, 0.5) is 5.69 Å². The number of nitrogens with one attached hydrogen (secondary N) is 1.